The van der Waals surface area contributed by atoms with E-state index in [1.165, 1.54) is 12.4 Å². The first-order valence-electron chi connectivity index (χ1n) is 25.8. The van der Waals surface area contributed by atoms with E-state index in [9.17, 15) is 37.1 Å². The van der Waals surface area contributed by atoms with Crippen LogP contribution in [-0.2, 0) is 34.8 Å². The lowest BCUT2D eigenvalue weighted by Gasteiger charge is -2.45. The molecular weight excluding hydrogens is 960 g/mol. The summed E-state index contributed by atoms with van der Waals surface area (Å²) in [6.45, 7) is 6.43. The number of likely N-dealkylation sites (tertiary alicyclic amines) is 2. The molecule has 8 rings (SSSR count). The van der Waals surface area contributed by atoms with Gasteiger partial charge in [-0.25, -0.2) is 9.97 Å². The van der Waals surface area contributed by atoms with Crippen LogP contribution in [0.4, 0.5) is 19.0 Å². The number of nitrogens with one attached hydrogen (secondary N) is 4. The number of nitrogens with zero attached hydrogens (tertiary/aromatic N) is 7. The molecular formula is C53H68F3N11O7. The molecule has 3 aromatic heterocycles. The molecule has 0 unspecified atom stereocenters. The van der Waals surface area contributed by atoms with Crippen LogP contribution in [0.25, 0.3) is 10.9 Å². The molecule has 6 atom stereocenters. The lowest BCUT2D eigenvalue weighted by Crippen LogP contribution is -2.59. The number of carbonyl (C=O) groups excluding carboxylic acids is 5. The average Bonchev–Trinajstić information content (AvgIpc) is 3.92. The number of alkyl halides is 3. The second kappa shape index (κ2) is 24.4. The number of aromatic nitrogens is 4. The van der Waals surface area contributed by atoms with Gasteiger partial charge in [0, 0.05) is 75.1 Å². The van der Waals surface area contributed by atoms with Crippen LogP contribution in [0.15, 0.2) is 67.4 Å². The number of hydrogen-bond donors (Lipinski definition) is 4. The van der Waals surface area contributed by atoms with Gasteiger partial charge in [0.25, 0.3) is 5.91 Å². The van der Waals surface area contributed by atoms with Crippen molar-refractivity contribution in [3.63, 3.8) is 0 Å². The van der Waals surface area contributed by atoms with E-state index in [1.807, 2.05) is 17.0 Å². The minimum Gasteiger partial charge on any atom is -0.377 e. The highest BCUT2D eigenvalue weighted by molar-refractivity contribution is 5.94. The predicted octanol–water partition coefficient (Wildman–Crippen LogP) is 5.27. The van der Waals surface area contributed by atoms with Crippen LogP contribution in [0.3, 0.4) is 0 Å². The van der Waals surface area contributed by atoms with Crippen LogP contribution >= 0.6 is 0 Å². The first-order chi connectivity index (χ1) is 35.6. The second-order valence-corrected chi connectivity index (χ2v) is 20.2. The van der Waals surface area contributed by atoms with Gasteiger partial charge in [-0.15, -0.1) is 0 Å². The van der Waals surface area contributed by atoms with Crippen molar-refractivity contribution in [1.29, 1.82) is 0 Å². The highest BCUT2D eigenvalue weighted by atomic mass is 19.4. The fourth-order valence-electron chi connectivity index (χ4n) is 11.0. The summed E-state index contributed by atoms with van der Waals surface area (Å²) >= 11 is 0. The van der Waals surface area contributed by atoms with Crippen molar-refractivity contribution in [2.45, 2.75) is 120 Å². The van der Waals surface area contributed by atoms with Crippen molar-refractivity contribution in [1.82, 2.24) is 50.6 Å². The van der Waals surface area contributed by atoms with E-state index in [-0.39, 0.29) is 121 Å². The minimum absolute atomic E-state index is 0.0213. The molecule has 398 valence electrons. The number of amides is 5. The van der Waals surface area contributed by atoms with Gasteiger partial charge in [0.1, 0.15) is 23.9 Å². The molecule has 0 spiro atoms. The van der Waals surface area contributed by atoms with Gasteiger partial charge in [-0.3, -0.25) is 33.9 Å². The molecule has 21 heteroatoms. The van der Waals surface area contributed by atoms with Crippen molar-refractivity contribution >= 4 is 46.3 Å². The molecule has 4 aromatic rings. The zero-order chi connectivity index (χ0) is 52.5. The number of halogens is 3. The van der Waals surface area contributed by atoms with Gasteiger partial charge in [0.2, 0.25) is 23.6 Å². The summed E-state index contributed by atoms with van der Waals surface area (Å²) in [7, 11) is 3.79. The fraction of sp³-hybridized carbons (Fsp3) is 0.566. The van der Waals surface area contributed by atoms with Gasteiger partial charge >= 0.3 is 6.18 Å². The first-order valence-corrected chi connectivity index (χ1v) is 25.8. The van der Waals surface area contributed by atoms with Crippen molar-refractivity contribution in [3.8, 4) is 0 Å². The van der Waals surface area contributed by atoms with E-state index in [0.717, 1.165) is 42.5 Å². The molecule has 2 aliphatic heterocycles. The Bertz CT molecular complexity index is 2590. The maximum absolute atomic E-state index is 14.1. The highest BCUT2D eigenvalue weighted by Gasteiger charge is 2.45. The summed E-state index contributed by atoms with van der Waals surface area (Å²) in [5.74, 6) is -1.17. The number of hydrogen-bond acceptors (Lipinski definition) is 13. The summed E-state index contributed by atoms with van der Waals surface area (Å²) in [5, 5.41) is 12.4. The standard InChI is InChI=1S/C53H68F3N11O7/c1-32(2)65(3)38-13-16-45(67-21-17-43(52(67)72)63-48-39-26-37(53(54,55)56)12-15-41(39)61-31-62-48)44(27-38)64-49(69)34-9-7-33(8-10-34)35-11-14-42(60-30-35)51(71)59-20-23-74-25-24-73-22-19-58-50(70)40-28-46(68)66(4)47(40)36-6-5-18-57-29-36/h5-6,11-12,14-15,18,26,29-34,38,40,43-45,47H,7-10,13,16-17,19-25,27-28H2,1-4H3,(H,58,70)(H,59,71)(H,64,69)(H,61,62,63)/t33-,34-,38-,40+,43+,44-,45+,47-/m1/s1. The van der Waals surface area contributed by atoms with Gasteiger partial charge in [-0.2, -0.15) is 13.2 Å². The lowest BCUT2D eigenvalue weighted by atomic mass is 9.78. The van der Waals surface area contributed by atoms with E-state index in [0.29, 0.717) is 57.4 Å². The van der Waals surface area contributed by atoms with Crippen LogP contribution in [0.2, 0.25) is 0 Å². The molecule has 5 heterocycles. The molecule has 18 nitrogen and oxygen atoms in total. The maximum Gasteiger partial charge on any atom is 0.416 e. The smallest absolute Gasteiger partial charge is 0.377 e. The number of anilines is 1. The Morgan fingerprint density at radius 3 is 2.30 bits per heavy atom. The van der Waals surface area contributed by atoms with Crippen molar-refractivity contribution in [3.05, 3.63) is 89.8 Å². The van der Waals surface area contributed by atoms with Gasteiger partial charge in [-0.1, -0.05) is 12.1 Å². The molecule has 4 aliphatic rings. The van der Waals surface area contributed by atoms with Crippen molar-refractivity contribution in [2.75, 3.05) is 65.5 Å². The molecule has 2 aliphatic carbocycles. The van der Waals surface area contributed by atoms with E-state index in [2.05, 4.69) is 67.0 Å². The Kier molecular flexibility index (Phi) is 17.8. The Labute approximate surface area is 429 Å². The Balaban J connectivity index is 0.747. The zero-order valence-corrected chi connectivity index (χ0v) is 42.5. The summed E-state index contributed by atoms with van der Waals surface area (Å²) in [6, 6.07) is 9.48. The number of ether oxygens (including phenoxy) is 2. The molecule has 2 saturated carbocycles. The van der Waals surface area contributed by atoms with Gasteiger partial charge < -0.3 is 45.4 Å². The maximum atomic E-state index is 14.1. The number of rotatable bonds is 20. The summed E-state index contributed by atoms with van der Waals surface area (Å²) in [5.41, 5.74) is 1.62. The number of fused-ring (bicyclic) bond motifs is 1. The molecule has 0 radical (unpaired) electrons. The van der Waals surface area contributed by atoms with Gasteiger partial charge in [0.05, 0.1) is 61.6 Å². The molecule has 1 aromatic carbocycles. The lowest BCUT2D eigenvalue weighted by molar-refractivity contribution is -0.137. The third-order valence-electron chi connectivity index (χ3n) is 15.4. The summed E-state index contributed by atoms with van der Waals surface area (Å²) < 4.78 is 52.1. The van der Waals surface area contributed by atoms with Gasteiger partial charge in [0.15, 0.2) is 0 Å². The number of pyridine rings is 2. The predicted molar refractivity (Wildman–Crippen MR) is 268 cm³/mol. The Hall–Kier alpha value is -6.32. The Morgan fingerprint density at radius 1 is 0.851 bits per heavy atom. The highest BCUT2D eigenvalue weighted by Crippen LogP contribution is 2.39. The molecule has 4 N–H and O–H groups in total. The fourth-order valence-corrected chi connectivity index (χ4v) is 11.0. The average molecular weight is 1030 g/mol. The summed E-state index contributed by atoms with van der Waals surface area (Å²) in [6.07, 6.45) is 7.49. The Morgan fingerprint density at radius 2 is 1.61 bits per heavy atom. The van der Waals surface area contributed by atoms with Crippen LogP contribution in [-0.4, -0.2) is 155 Å². The van der Waals surface area contributed by atoms with Crippen LogP contribution in [0.5, 0.6) is 0 Å². The molecule has 0 bridgehead atoms. The molecule has 74 heavy (non-hydrogen) atoms. The summed E-state index contributed by atoms with van der Waals surface area (Å²) in [4.78, 5) is 89.1. The minimum atomic E-state index is -4.55. The van der Waals surface area contributed by atoms with Crippen LogP contribution < -0.4 is 21.3 Å². The van der Waals surface area contributed by atoms with Gasteiger partial charge in [-0.05, 0) is 120 Å². The normalized spacial score (nSPS) is 24.4. The molecule has 2 saturated heterocycles. The van der Waals surface area contributed by atoms with Crippen molar-refractivity contribution < 1.29 is 46.6 Å². The van der Waals surface area contributed by atoms with Crippen LogP contribution in [0.1, 0.15) is 111 Å². The monoisotopic (exact) mass is 1030 g/mol. The van der Waals surface area contributed by atoms with Crippen molar-refractivity contribution in [2.24, 2.45) is 11.8 Å². The van der Waals surface area contributed by atoms with Crippen LogP contribution in [0, 0.1) is 11.8 Å². The molecule has 5 amide bonds. The SMILES string of the molecule is CC(C)N(C)[C@@H]1CC[C@H](N2CC[C@H](Nc3ncnc4ccc(C(F)(F)F)cc34)C2=O)[C@H](NC(=O)[C@H]2CC[C@H](c3ccc(C(=O)NCCOCCOCCNC(=O)[C@H]4CC(=O)N(C)[C@@H]4c4cccnc4)nc3)CC2)C1. The van der Waals surface area contributed by atoms with E-state index in [1.54, 1.807) is 42.7 Å². The van der Waals surface area contributed by atoms with E-state index < -0.39 is 23.7 Å². The second-order valence-electron chi connectivity index (χ2n) is 20.2. The van der Waals surface area contributed by atoms with E-state index in [4.69, 9.17) is 9.47 Å². The molecule has 4 fully saturated rings. The quantitative estimate of drug-likeness (QED) is 0.0833. The topological polar surface area (TPSA) is 213 Å². The third kappa shape index (κ3) is 12.9. The number of carbonyl (C=O) groups is 5. The van der Waals surface area contributed by atoms with E-state index >= 15 is 0 Å². The third-order valence-corrected chi connectivity index (χ3v) is 15.4. The zero-order valence-electron chi connectivity index (χ0n) is 42.5. The number of benzene rings is 1. The first kappa shape index (κ1) is 54.0. The largest absolute Gasteiger partial charge is 0.416 e.